The third kappa shape index (κ3) is 4.09. The Hall–Kier alpha value is -3.92. The second-order valence-corrected chi connectivity index (χ2v) is 12.4. The van der Waals surface area contributed by atoms with E-state index in [9.17, 15) is 0 Å². The molecule has 0 saturated carbocycles. The van der Waals surface area contributed by atoms with Crippen LogP contribution in [0.4, 0.5) is 0 Å². The lowest BCUT2D eigenvalue weighted by atomic mass is 9.86. The molecule has 0 bridgehead atoms. The zero-order chi connectivity index (χ0) is 26.8. The molecule has 6 rings (SSSR count). The monoisotopic (exact) mass is 501 g/mol. The molecular formula is C34H35N3O. The number of aromatic nitrogens is 3. The van der Waals surface area contributed by atoms with Crippen molar-refractivity contribution in [3.63, 3.8) is 0 Å². The molecule has 0 radical (unpaired) electrons. The number of rotatable bonds is 3. The molecule has 3 aromatic carbocycles. The van der Waals surface area contributed by atoms with Gasteiger partial charge in [-0.1, -0.05) is 90.1 Å². The van der Waals surface area contributed by atoms with Crippen molar-refractivity contribution in [1.82, 2.24) is 14.5 Å². The molecule has 0 aliphatic carbocycles. The first-order valence-corrected chi connectivity index (χ1v) is 13.3. The van der Waals surface area contributed by atoms with Gasteiger partial charge in [-0.2, -0.15) is 0 Å². The first kappa shape index (κ1) is 24.4. The Balaban J connectivity index is 1.55. The highest BCUT2D eigenvalue weighted by Gasteiger charge is 2.26. The van der Waals surface area contributed by atoms with Gasteiger partial charge in [0.25, 0.3) is 0 Å². The second kappa shape index (κ2) is 8.56. The third-order valence-corrected chi connectivity index (χ3v) is 7.70. The Morgan fingerprint density at radius 2 is 1.32 bits per heavy atom. The van der Waals surface area contributed by atoms with Crippen molar-refractivity contribution >= 4 is 11.0 Å². The molecule has 0 N–H and O–H groups in total. The number of nitrogens with zero attached hydrogens (tertiary/aromatic N) is 3. The van der Waals surface area contributed by atoms with Gasteiger partial charge in [0.2, 0.25) is 0 Å². The summed E-state index contributed by atoms with van der Waals surface area (Å²) in [6, 6.07) is 26.2. The van der Waals surface area contributed by atoms with Gasteiger partial charge in [-0.05, 0) is 51.8 Å². The lowest BCUT2D eigenvalue weighted by Crippen LogP contribution is -2.10. The number of methoxy groups -OCH3 is 1. The van der Waals surface area contributed by atoms with Crippen LogP contribution in [0.15, 0.2) is 72.8 Å². The van der Waals surface area contributed by atoms with Gasteiger partial charge < -0.3 is 9.30 Å². The van der Waals surface area contributed by atoms with Crippen molar-refractivity contribution in [3.8, 4) is 39.7 Å². The highest BCUT2D eigenvalue weighted by molar-refractivity contribution is 5.97. The predicted molar refractivity (Wildman–Crippen MR) is 157 cm³/mol. The van der Waals surface area contributed by atoms with Crippen LogP contribution in [0, 0.1) is 0 Å². The maximum Gasteiger partial charge on any atom is 0.162 e. The Labute approximate surface area is 225 Å². The lowest BCUT2D eigenvalue weighted by molar-refractivity contribution is 0.414. The van der Waals surface area contributed by atoms with Crippen LogP contribution >= 0.6 is 0 Å². The largest absolute Gasteiger partial charge is 0.497 e. The molecule has 2 aromatic heterocycles. The van der Waals surface area contributed by atoms with Crippen molar-refractivity contribution in [1.29, 1.82) is 0 Å². The highest BCUT2D eigenvalue weighted by atomic mass is 16.5. The molecule has 3 heterocycles. The number of hydrogen-bond donors (Lipinski definition) is 0. The maximum absolute atomic E-state index is 5.49. The average Bonchev–Trinajstić information content (AvgIpc) is 3.43. The summed E-state index contributed by atoms with van der Waals surface area (Å²) in [4.78, 5) is 10.3. The standard InChI is InChI=1S/C34H35N3O/c1-33(2,3)24-12-8-21(9-13-24)30-28-19-29-27-17-16-26(38-7)18-23(27)20-37(29)32(28)36-31(35-30)22-10-14-25(15-11-22)34(4,5)6/h8-19H,20H2,1-7H3. The van der Waals surface area contributed by atoms with Gasteiger partial charge in [0.05, 0.1) is 25.0 Å². The van der Waals surface area contributed by atoms with Crippen LogP contribution in [0.1, 0.15) is 58.2 Å². The van der Waals surface area contributed by atoms with Crippen LogP contribution in [0.2, 0.25) is 0 Å². The maximum atomic E-state index is 5.49. The summed E-state index contributed by atoms with van der Waals surface area (Å²) in [5.41, 5.74) is 10.6. The molecule has 4 heteroatoms. The zero-order valence-corrected chi connectivity index (χ0v) is 23.4. The van der Waals surface area contributed by atoms with Crippen molar-refractivity contribution in [2.24, 2.45) is 0 Å². The van der Waals surface area contributed by atoms with Crippen LogP contribution in [-0.4, -0.2) is 21.6 Å². The summed E-state index contributed by atoms with van der Waals surface area (Å²) in [6.45, 7) is 14.2. The van der Waals surface area contributed by atoms with Gasteiger partial charge in [-0.15, -0.1) is 0 Å². The van der Waals surface area contributed by atoms with Crippen molar-refractivity contribution in [2.75, 3.05) is 7.11 Å². The van der Waals surface area contributed by atoms with E-state index in [1.807, 2.05) is 6.07 Å². The van der Waals surface area contributed by atoms with E-state index in [1.165, 1.54) is 27.9 Å². The summed E-state index contributed by atoms with van der Waals surface area (Å²) in [5.74, 6) is 1.63. The van der Waals surface area contributed by atoms with Crippen molar-refractivity contribution in [3.05, 3.63) is 89.5 Å². The molecule has 5 aromatic rings. The van der Waals surface area contributed by atoms with Gasteiger partial charge in [0, 0.05) is 22.1 Å². The van der Waals surface area contributed by atoms with Crippen molar-refractivity contribution in [2.45, 2.75) is 58.9 Å². The highest BCUT2D eigenvalue weighted by Crippen LogP contribution is 2.41. The van der Waals surface area contributed by atoms with E-state index in [0.29, 0.717) is 0 Å². The molecule has 4 nitrogen and oxygen atoms in total. The fourth-order valence-electron chi connectivity index (χ4n) is 5.35. The molecule has 0 unspecified atom stereocenters. The molecule has 0 spiro atoms. The Morgan fingerprint density at radius 1 is 0.711 bits per heavy atom. The molecular weight excluding hydrogens is 466 g/mol. The Kier molecular flexibility index (Phi) is 5.50. The number of benzene rings is 3. The quantitative estimate of drug-likeness (QED) is 0.244. The van der Waals surface area contributed by atoms with Gasteiger partial charge >= 0.3 is 0 Å². The molecule has 192 valence electrons. The number of hydrogen-bond acceptors (Lipinski definition) is 3. The second-order valence-electron chi connectivity index (χ2n) is 12.4. The third-order valence-electron chi connectivity index (χ3n) is 7.70. The van der Waals surface area contributed by atoms with E-state index in [1.54, 1.807) is 7.11 Å². The fourth-order valence-corrected chi connectivity index (χ4v) is 5.35. The summed E-state index contributed by atoms with van der Waals surface area (Å²) < 4.78 is 7.81. The molecule has 0 amide bonds. The van der Waals surface area contributed by atoms with Crippen LogP contribution < -0.4 is 4.74 Å². The smallest absolute Gasteiger partial charge is 0.162 e. The van der Waals surface area contributed by atoms with E-state index in [0.717, 1.165) is 46.0 Å². The Bertz CT molecular complexity index is 1660. The van der Waals surface area contributed by atoms with Crippen molar-refractivity contribution < 1.29 is 4.74 Å². The van der Waals surface area contributed by atoms with Crippen LogP contribution in [0.3, 0.4) is 0 Å². The minimum absolute atomic E-state index is 0.0957. The zero-order valence-electron chi connectivity index (χ0n) is 23.4. The Morgan fingerprint density at radius 3 is 1.89 bits per heavy atom. The normalized spacial score (nSPS) is 13.0. The van der Waals surface area contributed by atoms with Gasteiger partial charge in [0.1, 0.15) is 11.4 Å². The summed E-state index contributed by atoms with van der Waals surface area (Å²) >= 11 is 0. The molecule has 1 aliphatic heterocycles. The van der Waals surface area contributed by atoms with Gasteiger partial charge in [-0.25, -0.2) is 9.97 Å². The fraction of sp³-hybridized carbons (Fsp3) is 0.294. The van der Waals surface area contributed by atoms with E-state index in [2.05, 4.69) is 113 Å². The topological polar surface area (TPSA) is 39.9 Å². The number of fused-ring (bicyclic) bond motifs is 5. The molecule has 0 saturated heterocycles. The molecule has 1 aliphatic rings. The van der Waals surface area contributed by atoms with E-state index < -0.39 is 0 Å². The number of ether oxygens (including phenoxy) is 1. The van der Waals surface area contributed by atoms with E-state index >= 15 is 0 Å². The van der Waals surface area contributed by atoms with Gasteiger partial charge in [0.15, 0.2) is 5.82 Å². The minimum atomic E-state index is 0.0957. The SMILES string of the molecule is COc1ccc2c(c1)Cn1c-2cc2c(-c3ccc(C(C)(C)C)cc3)nc(-c3ccc(C(C)(C)C)cc3)nc21. The van der Waals surface area contributed by atoms with E-state index in [4.69, 9.17) is 14.7 Å². The lowest BCUT2D eigenvalue weighted by Gasteiger charge is -2.19. The predicted octanol–water partition coefficient (Wildman–Crippen LogP) is 8.40. The summed E-state index contributed by atoms with van der Waals surface area (Å²) in [7, 11) is 1.72. The minimum Gasteiger partial charge on any atom is -0.497 e. The van der Waals surface area contributed by atoms with Crippen LogP contribution in [-0.2, 0) is 17.4 Å². The van der Waals surface area contributed by atoms with Crippen LogP contribution in [0.5, 0.6) is 5.75 Å². The van der Waals surface area contributed by atoms with E-state index in [-0.39, 0.29) is 10.8 Å². The average molecular weight is 502 g/mol. The summed E-state index contributed by atoms with van der Waals surface area (Å²) in [6.07, 6.45) is 0. The van der Waals surface area contributed by atoms with Crippen LogP contribution in [0.25, 0.3) is 44.9 Å². The molecule has 0 fully saturated rings. The first-order valence-electron chi connectivity index (χ1n) is 13.3. The molecule has 0 atom stereocenters. The summed E-state index contributed by atoms with van der Waals surface area (Å²) in [5, 5.41) is 1.08. The first-order chi connectivity index (χ1) is 18.0. The van der Waals surface area contributed by atoms with Gasteiger partial charge in [-0.3, -0.25) is 0 Å². The molecule has 38 heavy (non-hydrogen) atoms.